The third-order valence-electron chi connectivity index (χ3n) is 2.41. The quantitative estimate of drug-likeness (QED) is 0.818. The molecule has 0 unspecified atom stereocenters. The Morgan fingerprint density at radius 1 is 1.50 bits per heavy atom. The van der Waals surface area contributed by atoms with Gasteiger partial charge in [-0.2, -0.15) is 0 Å². The average Bonchev–Trinajstić information content (AvgIpc) is 2.28. The zero-order valence-electron chi connectivity index (χ0n) is 10.3. The highest BCUT2D eigenvalue weighted by atomic mass is 79.9. The molecule has 0 atom stereocenters. The molecular weight excluding hydrogens is 341 g/mol. The number of benzene rings is 1. The minimum Gasteiger partial charge on any atom is -0.493 e. The van der Waals surface area contributed by atoms with E-state index in [9.17, 15) is 4.79 Å². The number of hydrogen-bond acceptors (Lipinski definition) is 2. The largest absolute Gasteiger partial charge is 0.493 e. The third-order valence-corrected chi connectivity index (χ3v) is 3.88. The molecule has 1 N–H and O–H groups in total. The lowest BCUT2D eigenvalue weighted by atomic mass is 9.95. The SMILES string of the molecule is COc1c(Br)cc(Cl)cc1NC(=O)C(C)(C)CCl. The summed E-state index contributed by atoms with van der Waals surface area (Å²) in [5, 5.41) is 3.27. The summed E-state index contributed by atoms with van der Waals surface area (Å²) in [6.45, 7) is 3.53. The van der Waals surface area contributed by atoms with E-state index in [-0.39, 0.29) is 11.8 Å². The Labute approximate surface area is 125 Å². The summed E-state index contributed by atoms with van der Waals surface area (Å²) < 4.78 is 5.90. The predicted molar refractivity (Wildman–Crippen MR) is 78.8 cm³/mol. The molecule has 18 heavy (non-hydrogen) atoms. The number of rotatable bonds is 4. The van der Waals surface area contributed by atoms with E-state index in [1.165, 1.54) is 7.11 Å². The summed E-state index contributed by atoms with van der Waals surface area (Å²) in [5.74, 6) is 0.561. The average molecular weight is 355 g/mol. The second-order valence-electron chi connectivity index (χ2n) is 4.44. The maximum absolute atomic E-state index is 12.0. The lowest BCUT2D eigenvalue weighted by molar-refractivity contribution is -0.122. The van der Waals surface area contributed by atoms with Crippen LogP contribution in [0.1, 0.15) is 13.8 Å². The maximum Gasteiger partial charge on any atom is 0.231 e. The zero-order valence-corrected chi connectivity index (χ0v) is 13.4. The molecule has 0 aromatic heterocycles. The van der Waals surface area contributed by atoms with E-state index in [1.807, 2.05) is 0 Å². The number of amides is 1. The first-order chi connectivity index (χ1) is 8.31. The lowest BCUT2D eigenvalue weighted by Crippen LogP contribution is -2.32. The van der Waals surface area contributed by atoms with Crippen molar-refractivity contribution in [3.8, 4) is 5.75 Å². The number of nitrogens with one attached hydrogen (secondary N) is 1. The molecule has 0 radical (unpaired) electrons. The predicted octanol–water partition coefficient (Wildman–Crippen LogP) is 4.31. The molecule has 0 saturated carbocycles. The minimum absolute atomic E-state index is 0.190. The fraction of sp³-hybridized carbons (Fsp3) is 0.417. The molecule has 0 fully saturated rings. The fourth-order valence-electron chi connectivity index (χ4n) is 1.21. The van der Waals surface area contributed by atoms with Gasteiger partial charge in [0.1, 0.15) is 0 Å². The molecule has 3 nitrogen and oxygen atoms in total. The molecule has 0 bridgehead atoms. The molecule has 6 heteroatoms. The van der Waals surface area contributed by atoms with E-state index in [0.29, 0.717) is 20.9 Å². The molecule has 1 aromatic rings. The van der Waals surface area contributed by atoms with Crippen LogP contribution in [0.4, 0.5) is 5.69 Å². The topological polar surface area (TPSA) is 38.3 Å². The molecule has 0 aliphatic heterocycles. The van der Waals surface area contributed by atoms with Crippen LogP contribution in [-0.2, 0) is 4.79 Å². The fourth-order valence-corrected chi connectivity index (χ4v) is 2.31. The van der Waals surface area contributed by atoms with E-state index >= 15 is 0 Å². The summed E-state index contributed by atoms with van der Waals surface area (Å²) in [5.41, 5.74) is -0.151. The van der Waals surface area contributed by atoms with Crippen molar-refractivity contribution in [2.24, 2.45) is 5.41 Å². The monoisotopic (exact) mass is 353 g/mol. The van der Waals surface area contributed by atoms with Crippen molar-refractivity contribution < 1.29 is 9.53 Å². The molecule has 0 heterocycles. The summed E-state index contributed by atoms with van der Waals surface area (Å²) >= 11 is 15.0. The first-order valence-corrected chi connectivity index (χ1v) is 6.93. The van der Waals surface area contributed by atoms with Gasteiger partial charge >= 0.3 is 0 Å². The third kappa shape index (κ3) is 3.53. The number of hydrogen-bond donors (Lipinski definition) is 1. The number of methoxy groups -OCH3 is 1. The molecular formula is C12H14BrCl2NO2. The smallest absolute Gasteiger partial charge is 0.231 e. The van der Waals surface area contributed by atoms with Gasteiger partial charge in [0.2, 0.25) is 5.91 Å². The van der Waals surface area contributed by atoms with Crippen LogP contribution in [0, 0.1) is 5.41 Å². The van der Waals surface area contributed by atoms with Crippen molar-refractivity contribution in [1.82, 2.24) is 0 Å². The molecule has 1 rings (SSSR count). The second-order valence-corrected chi connectivity index (χ2v) is 6.00. The van der Waals surface area contributed by atoms with Gasteiger partial charge in [0.25, 0.3) is 0 Å². The Morgan fingerprint density at radius 3 is 2.61 bits per heavy atom. The molecule has 0 saturated heterocycles. The summed E-state index contributed by atoms with van der Waals surface area (Å²) in [6.07, 6.45) is 0. The van der Waals surface area contributed by atoms with Crippen LogP contribution >= 0.6 is 39.1 Å². The highest BCUT2D eigenvalue weighted by Crippen LogP contribution is 2.37. The summed E-state index contributed by atoms with van der Waals surface area (Å²) in [7, 11) is 1.52. The Bertz CT molecular complexity index is 464. The van der Waals surface area contributed by atoms with Crippen molar-refractivity contribution in [3.63, 3.8) is 0 Å². The zero-order chi connectivity index (χ0) is 13.9. The molecule has 0 aliphatic carbocycles. The van der Waals surface area contributed by atoms with Crippen LogP contribution in [0.2, 0.25) is 5.02 Å². The minimum atomic E-state index is -0.665. The standard InChI is InChI=1S/C12H14BrCl2NO2/c1-12(2,6-14)11(17)16-9-5-7(15)4-8(13)10(9)18-3/h4-5H,6H2,1-3H3,(H,16,17). The Hall–Kier alpha value is -0.450. The van der Waals surface area contributed by atoms with Crippen molar-refractivity contribution in [2.75, 3.05) is 18.3 Å². The van der Waals surface area contributed by atoms with Crippen LogP contribution in [0.15, 0.2) is 16.6 Å². The van der Waals surface area contributed by atoms with Crippen LogP contribution in [0.25, 0.3) is 0 Å². The highest BCUT2D eigenvalue weighted by Gasteiger charge is 2.27. The Balaban J connectivity index is 3.08. The first kappa shape index (κ1) is 15.6. The second kappa shape index (κ2) is 6.13. The van der Waals surface area contributed by atoms with Gasteiger partial charge < -0.3 is 10.1 Å². The van der Waals surface area contributed by atoms with Crippen molar-refractivity contribution in [1.29, 1.82) is 0 Å². The van der Waals surface area contributed by atoms with Gasteiger partial charge in [-0.3, -0.25) is 4.79 Å². The molecule has 0 aliphatic rings. The number of carbonyl (C=O) groups excluding carboxylic acids is 1. The lowest BCUT2D eigenvalue weighted by Gasteiger charge is -2.21. The summed E-state index contributed by atoms with van der Waals surface area (Å²) in [6, 6.07) is 3.33. The van der Waals surface area contributed by atoms with Gasteiger partial charge in [-0.25, -0.2) is 0 Å². The van der Waals surface area contributed by atoms with E-state index in [4.69, 9.17) is 27.9 Å². The maximum atomic E-state index is 12.0. The number of alkyl halides is 1. The number of anilines is 1. The van der Waals surface area contributed by atoms with E-state index in [0.717, 1.165) is 0 Å². The van der Waals surface area contributed by atoms with Crippen molar-refractivity contribution >= 4 is 50.7 Å². The number of carbonyl (C=O) groups is 1. The van der Waals surface area contributed by atoms with Crippen LogP contribution in [0.5, 0.6) is 5.75 Å². The van der Waals surface area contributed by atoms with E-state index < -0.39 is 5.41 Å². The van der Waals surface area contributed by atoms with Gasteiger partial charge in [-0.05, 0) is 41.9 Å². The van der Waals surface area contributed by atoms with Gasteiger partial charge in [0.05, 0.1) is 22.7 Å². The molecule has 0 spiro atoms. The Kier molecular flexibility index (Phi) is 5.32. The van der Waals surface area contributed by atoms with Gasteiger partial charge in [-0.15, -0.1) is 11.6 Å². The van der Waals surface area contributed by atoms with Crippen LogP contribution in [-0.4, -0.2) is 18.9 Å². The molecule has 1 aromatic carbocycles. The van der Waals surface area contributed by atoms with Crippen molar-refractivity contribution in [2.45, 2.75) is 13.8 Å². The van der Waals surface area contributed by atoms with Gasteiger partial charge in [0, 0.05) is 10.9 Å². The van der Waals surface area contributed by atoms with Gasteiger partial charge in [-0.1, -0.05) is 11.6 Å². The van der Waals surface area contributed by atoms with E-state index in [1.54, 1.807) is 26.0 Å². The normalized spacial score (nSPS) is 11.2. The van der Waals surface area contributed by atoms with Crippen LogP contribution in [0.3, 0.4) is 0 Å². The highest BCUT2D eigenvalue weighted by molar-refractivity contribution is 9.10. The number of ether oxygens (including phenoxy) is 1. The van der Waals surface area contributed by atoms with E-state index in [2.05, 4.69) is 21.2 Å². The van der Waals surface area contributed by atoms with Crippen LogP contribution < -0.4 is 10.1 Å². The molecule has 100 valence electrons. The van der Waals surface area contributed by atoms with Crippen molar-refractivity contribution in [3.05, 3.63) is 21.6 Å². The summed E-state index contributed by atoms with van der Waals surface area (Å²) in [4.78, 5) is 12.0. The van der Waals surface area contributed by atoms with Gasteiger partial charge in [0.15, 0.2) is 5.75 Å². The first-order valence-electron chi connectivity index (χ1n) is 5.22. The molecule has 1 amide bonds. The number of halogens is 3. The Morgan fingerprint density at radius 2 is 2.11 bits per heavy atom.